The van der Waals surface area contributed by atoms with Gasteiger partial charge in [-0.1, -0.05) is 12.8 Å². The number of carbonyl (C=O) groups is 1. The lowest BCUT2D eigenvalue weighted by Crippen LogP contribution is -2.46. The second kappa shape index (κ2) is 4.38. The number of hydrogen-bond donors (Lipinski definition) is 1. The molecule has 3 nitrogen and oxygen atoms in total. The smallest absolute Gasteiger partial charge is 0.376 e. The van der Waals surface area contributed by atoms with Crippen LogP contribution in [-0.4, -0.2) is 31.3 Å². The maximum absolute atomic E-state index is 11.9. The molecule has 1 amide bonds. The van der Waals surface area contributed by atoms with Gasteiger partial charge >= 0.3 is 12.1 Å². The fourth-order valence-electron chi connectivity index (χ4n) is 1.81. The number of methoxy groups -OCH3 is 1. The molecular weight excluding hydrogens is 211 g/mol. The van der Waals surface area contributed by atoms with Gasteiger partial charge in [-0.05, 0) is 12.8 Å². The summed E-state index contributed by atoms with van der Waals surface area (Å²) in [5.74, 6) is -1.90. The summed E-state index contributed by atoms with van der Waals surface area (Å²) in [5, 5.41) is 1.87. The quantitative estimate of drug-likeness (QED) is 0.792. The molecule has 1 aliphatic carbocycles. The maximum Gasteiger partial charge on any atom is 0.471 e. The Morgan fingerprint density at radius 2 is 1.93 bits per heavy atom. The van der Waals surface area contributed by atoms with Crippen molar-refractivity contribution in [1.29, 1.82) is 0 Å². The third-order valence-electron chi connectivity index (χ3n) is 2.78. The van der Waals surface area contributed by atoms with Gasteiger partial charge in [-0.2, -0.15) is 13.2 Å². The molecule has 0 spiro atoms. The SMILES string of the molecule is COC1(CNC(=O)C(F)(F)F)CCCC1. The van der Waals surface area contributed by atoms with Crippen LogP contribution < -0.4 is 5.32 Å². The Hall–Kier alpha value is -0.780. The first-order valence-corrected chi connectivity index (χ1v) is 4.80. The molecule has 1 rings (SSSR count). The van der Waals surface area contributed by atoms with E-state index in [1.165, 1.54) is 7.11 Å². The van der Waals surface area contributed by atoms with Gasteiger partial charge in [-0.15, -0.1) is 0 Å². The molecule has 0 aromatic carbocycles. The summed E-state index contributed by atoms with van der Waals surface area (Å²) in [5.41, 5.74) is -0.596. The monoisotopic (exact) mass is 225 g/mol. The Morgan fingerprint density at radius 1 is 1.40 bits per heavy atom. The van der Waals surface area contributed by atoms with Crippen molar-refractivity contribution in [2.24, 2.45) is 0 Å². The van der Waals surface area contributed by atoms with Crippen LogP contribution in [0.2, 0.25) is 0 Å². The van der Waals surface area contributed by atoms with Gasteiger partial charge in [0.1, 0.15) is 0 Å². The lowest BCUT2D eigenvalue weighted by atomic mass is 10.0. The standard InChI is InChI=1S/C9H14F3NO2/c1-15-8(4-2-3-5-8)6-13-7(14)9(10,11)12/h2-6H2,1H3,(H,13,14). The number of rotatable bonds is 3. The van der Waals surface area contributed by atoms with Crippen LogP contribution in [0.3, 0.4) is 0 Å². The molecule has 0 radical (unpaired) electrons. The minimum Gasteiger partial charge on any atom is -0.376 e. The Morgan fingerprint density at radius 3 is 2.33 bits per heavy atom. The van der Waals surface area contributed by atoms with Crippen LogP contribution in [0.1, 0.15) is 25.7 Å². The molecule has 0 unspecified atom stereocenters. The van der Waals surface area contributed by atoms with Crippen molar-refractivity contribution in [2.45, 2.75) is 37.5 Å². The molecule has 0 saturated heterocycles. The van der Waals surface area contributed by atoms with E-state index in [0.717, 1.165) is 12.8 Å². The molecular formula is C9H14F3NO2. The summed E-state index contributed by atoms with van der Waals surface area (Å²) in [7, 11) is 1.46. The van der Waals surface area contributed by atoms with E-state index < -0.39 is 17.7 Å². The molecule has 0 heterocycles. The topological polar surface area (TPSA) is 38.3 Å². The molecule has 0 atom stereocenters. The zero-order valence-corrected chi connectivity index (χ0v) is 8.49. The minimum absolute atomic E-state index is 0.0676. The lowest BCUT2D eigenvalue weighted by molar-refractivity contribution is -0.174. The largest absolute Gasteiger partial charge is 0.471 e. The average molecular weight is 225 g/mol. The molecule has 1 fully saturated rings. The van der Waals surface area contributed by atoms with Crippen molar-refractivity contribution in [3.8, 4) is 0 Å². The average Bonchev–Trinajstić information content (AvgIpc) is 2.62. The molecule has 0 bridgehead atoms. The molecule has 15 heavy (non-hydrogen) atoms. The summed E-state index contributed by atoms with van der Waals surface area (Å²) < 4.78 is 40.9. The van der Waals surface area contributed by atoms with Gasteiger partial charge in [0.15, 0.2) is 0 Å². The molecule has 1 N–H and O–H groups in total. The second-order valence-electron chi connectivity index (χ2n) is 3.77. The maximum atomic E-state index is 11.9. The Balaban J connectivity index is 2.45. The lowest BCUT2D eigenvalue weighted by Gasteiger charge is -2.27. The minimum atomic E-state index is -4.81. The fourth-order valence-corrected chi connectivity index (χ4v) is 1.81. The zero-order chi connectivity index (χ0) is 11.5. The highest BCUT2D eigenvalue weighted by Gasteiger charge is 2.41. The molecule has 1 aliphatic rings. The van der Waals surface area contributed by atoms with E-state index in [1.54, 1.807) is 0 Å². The number of nitrogens with one attached hydrogen (secondary N) is 1. The van der Waals surface area contributed by atoms with Gasteiger partial charge in [0.25, 0.3) is 0 Å². The molecule has 88 valence electrons. The third kappa shape index (κ3) is 3.09. The Bertz CT molecular complexity index is 234. The van der Waals surface area contributed by atoms with E-state index in [-0.39, 0.29) is 6.54 Å². The first-order valence-electron chi connectivity index (χ1n) is 4.80. The third-order valence-corrected chi connectivity index (χ3v) is 2.78. The van der Waals surface area contributed by atoms with Crippen molar-refractivity contribution < 1.29 is 22.7 Å². The van der Waals surface area contributed by atoms with Crippen LogP contribution >= 0.6 is 0 Å². The molecule has 6 heteroatoms. The number of ether oxygens (including phenoxy) is 1. The summed E-state index contributed by atoms with van der Waals surface area (Å²) in [6, 6.07) is 0. The predicted octanol–water partition coefficient (Wildman–Crippen LogP) is 1.62. The van der Waals surface area contributed by atoms with Gasteiger partial charge in [0, 0.05) is 13.7 Å². The van der Waals surface area contributed by atoms with Crippen LogP contribution in [-0.2, 0) is 9.53 Å². The van der Waals surface area contributed by atoms with Crippen LogP contribution in [0.5, 0.6) is 0 Å². The fraction of sp³-hybridized carbons (Fsp3) is 0.889. The van der Waals surface area contributed by atoms with Crippen LogP contribution in [0.25, 0.3) is 0 Å². The first-order chi connectivity index (χ1) is 6.90. The molecule has 1 saturated carbocycles. The highest BCUT2D eigenvalue weighted by molar-refractivity contribution is 5.81. The van der Waals surface area contributed by atoms with Gasteiger partial charge in [-0.25, -0.2) is 0 Å². The Labute approximate surface area is 86.0 Å². The number of amides is 1. The van der Waals surface area contributed by atoms with E-state index in [0.29, 0.717) is 12.8 Å². The molecule has 0 aliphatic heterocycles. The summed E-state index contributed by atoms with van der Waals surface area (Å²) in [6.45, 7) is -0.0676. The number of hydrogen-bond acceptors (Lipinski definition) is 2. The molecule has 0 aromatic heterocycles. The van der Waals surface area contributed by atoms with Crippen molar-refractivity contribution in [1.82, 2.24) is 5.32 Å². The van der Waals surface area contributed by atoms with Crippen LogP contribution in [0, 0.1) is 0 Å². The van der Waals surface area contributed by atoms with Crippen molar-refractivity contribution in [3.05, 3.63) is 0 Å². The van der Waals surface area contributed by atoms with E-state index in [9.17, 15) is 18.0 Å². The molecule has 0 aromatic rings. The van der Waals surface area contributed by atoms with E-state index in [4.69, 9.17) is 4.74 Å². The van der Waals surface area contributed by atoms with Gasteiger partial charge in [-0.3, -0.25) is 4.79 Å². The summed E-state index contributed by atoms with van der Waals surface area (Å²) >= 11 is 0. The van der Waals surface area contributed by atoms with Crippen molar-refractivity contribution in [2.75, 3.05) is 13.7 Å². The highest BCUT2D eigenvalue weighted by Crippen LogP contribution is 2.32. The first kappa shape index (κ1) is 12.3. The van der Waals surface area contributed by atoms with Gasteiger partial charge in [0.05, 0.1) is 5.60 Å². The summed E-state index contributed by atoms with van der Waals surface area (Å²) in [4.78, 5) is 10.6. The highest BCUT2D eigenvalue weighted by atomic mass is 19.4. The number of carbonyl (C=O) groups excluding carboxylic acids is 1. The number of alkyl halides is 3. The van der Waals surface area contributed by atoms with E-state index in [1.807, 2.05) is 5.32 Å². The summed E-state index contributed by atoms with van der Waals surface area (Å²) in [6.07, 6.45) is -1.57. The van der Waals surface area contributed by atoms with Gasteiger partial charge < -0.3 is 10.1 Å². The zero-order valence-electron chi connectivity index (χ0n) is 8.49. The van der Waals surface area contributed by atoms with Gasteiger partial charge in [0.2, 0.25) is 0 Å². The number of halogens is 3. The van der Waals surface area contributed by atoms with E-state index in [2.05, 4.69) is 0 Å². The normalized spacial score (nSPS) is 20.3. The second-order valence-corrected chi connectivity index (χ2v) is 3.77. The van der Waals surface area contributed by atoms with E-state index >= 15 is 0 Å². The van der Waals surface area contributed by atoms with Crippen LogP contribution in [0.4, 0.5) is 13.2 Å². The Kier molecular flexibility index (Phi) is 3.59. The van der Waals surface area contributed by atoms with Crippen molar-refractivity contribution >= 4 is 5.91 Å². The van der Waals surface area contributed by atoms with Crippen LogP contribution in [0.15, 0.2) is 0 Å². The van der Waals surface area contributed by atoms with Crippen molar-refractivity contribution in [3.63, 3.8) is 0 Å². The predicted molar refractivity (Wildman–Crippen MR) is 47.3 cm³/mol.